The number of ether oxygens (including phenoxy) is 2. The van der Waals surface area contributed by atoms with Crippen molar-refractivity contribution in [2.75, 3.05) is 6.61 Å². The van der Waals surface area contributed by atoms with Crippen LogP contribution in [0.25, 0.3) is 16.8 Å². The second-order valence-corrected chi connectivity index (χ2v) is 11.3. The van der Waals surface area contributed by atoms with Gasteiger partial charge in [0.2, 0.25) is 0 Å². The molecule has 0 spiro atoms. The zero-order valence-corrected chi connectivity index (χ0v) is 23.6. The summed E-state index contributed by atoms with van der Waals surface area (Å²) in [5, 5.41) is 3.97. The van der Waals surface area contributed by atoms with Gasteiger partial charge in [0.1, 0.15) is 18.4 Å². The lowest BCUT2D eigenvalue weighted by Crippen LogP contribution is -2.39. The molecule has 0 unspecified atom stereocenters. The summed E-state index contributed by atoms with van der Waals surface area (Å²) in [6, 6.07) is 25.3. The highest BCUT2D eigenvalue weighted by Crippen LogP contribution is 2.33. The summed E-state index contributed by atoms with van der Waals surface area (Å²) in [5.74, 6) is 0.230. The number of rotatable bonds is 7. The summed E-state index contributed by atoms with van der Waals surface area (Å²) in [6.45, 7) is 4.21. The van der Waals surface area contributed by atoms with E-state index >= 15 is 0 Å². The Morgan fingerprint density at radius 2 is 1.82 bits per heavy atom. The second-order valence-electron chi connectivity index (χ2n) is 9.29. The van der Waals surface area contributed by atoms with Gasteiger partial charge >= 0.3 is 5.97 Å². The first-order valence-corrected chi connectivity index (χ1v) is 14.7. The van der Waals surface area contributed by atoms with Gasteiger partial charge in [-0.1, -0.05) is 78.1 Å². The molecular formula is C32H26N2O4S2. The van der Waals surface area contributed by atoms with Gasteiger partial charge < -0.3 is 9.47 Å². The Labute approximate surface area is 238 Å². The molecule has 5 aromatic rings. The van der Waals surface area contributed by atoms with Crippen LogP contribution in [0, 0.1) is 0 Å². The van der Waals surface area contributed by atoms with Crippen molar-refractivity contribution >= 4 is 45.5 Å². The summed E-state index contributed by atoms with van der Waals surface area (Å²) < 4.78 is 13.8. The first kappa shape index (κ1) is 26.0. The molecule has 200 valence electrons. The van der Waals surface area contributed by atoms with E-state index in [9.17, 15) is 9.59 Å². The van der Waals surface area contributed by atoms with Crippen LogP contribution in [0.15, 0.2) is 105 Å². The lowest BCUT2D eigenvalue weighted by atomic mass is 10.0. The van der Waals surface area contributed by atoms with Crippen LogP contribution in [0.3, 0.4) is 0 Å². The highest BCUT2D eigenvalue weighted by atomic mass is 32.1. The van der Waals surface area contributed by atoms with E-state index < -0.39 is 12.0 Å². The third-order valence-corrected chi connectivity index (χ3v) is 8.68. The van der Waals surface area contributed by atoms with Crippen LogP contribution in [-0.2, 0) is 16.1 Å². The Morgan fingerprint density at radius 3 is 2.60 bits per heavy atom. The predicted octanol–water partition coefficient (Wildman–Crippen LogP) is 5.59. The van der Waals surface area contributed by atoms with Crippen LogP contribution < -0.4 is 19.6 Å². The van der Waals surface area contributed by atoms with Crippen molar-refractivity contribution in [1.29, 1.82) is 0 Å². The molecular weight excluding hydrogens is 540 g/mol. The molecule has 3 aromatic carbocycles. The van der Waals surface area contributed by atoms with Crippen molar-refractivity contribution in [3.8, 4) is 5.75 Å². The molecule has 0 amide bonds. The van der Waals surface area contributed by atoms with Gasteiger partial charge in [-0.05, 0) is 53.8 Å². The number of carbonyl (C=O) groups is 1. The molecule has 2 aromatic heterocycles. The van der Waals surface area contributed by atoms with Gasteiger partial charge in [-0.15, -0.1) is 11.3 Å². The maximum absolute atomic E-state index is 14.1. The first-order chi connectivity index (χ1) is 19.5. The summed E-state index contributed by atoms with van der Waals surface area (Å²) >= 11 is 2.81. The fourth-order valence-corrected chi connectivity index (χ4v) is 6.78. The molecule has 6 nitrogen and oxygen atoms in total. The minimum Gasteiger partial charge on any atom is -0.488 e. The highest BCUT2D eigenvalue weighted by Gasteiger charge is 2.34. The first-order valence-electron chi connectivity index (χ1n) is 13.0. The molecule has 0 aliphatic carbocycles. The number of aromatic nitrogens is 1. The quantitative estimate of drug-likeness (QED) is 0.241. The topological polar surface area (TPSA) is 69.9 Å². The molecule has 8 heteroatoms. The van der Waals surface area contributed by atoms with Crippen molar-refractivity contribution in [1.82, 2.24) is 4.57 Å². The van der Waals surface area contributed by atoms with Crippen LogP contribution in [0.5, 0.6) is 5.75 Å². The Balaban J connectivity index is 1.52. The number of hydrogen-bond donors (Lipinski definition) is 0. The number of thiazole rings is 1. The van der Waals surface area contributed by atoms with Crippen molar-refractivity contribution in [2.24, 2.45) is 4.99 Å². The van der Waals surface area contributed by atoms with Crippen LogP contribution in [-0.4, -0.2) is 17.1 Å². The molecule has 6 rings (SSSR count). The van der Waals surface area contributed by atoms with Crippen LogP contribution >= 0.6 is 22.7 Å². The van der Waals surface area contributed by atoms with Crippen molar-refractivity contribution < 1.29 is 14.3 Å². The highest BCUT2D eigenvalue weighted by molar-refractivity contribution is 7.10. The van der Waals surface area contributed by atoms with Gasteiger partial charge in [0, 0.05) is 10.4 Å². The van der Waals surface area contributed by atoms with Gasteiger partial charge in [-0.2, -0.15) is 0 Å². The van der Waals surface area contributed by atoms with E-state index in [-0.39, 0.29) is 12.2 Å². The van der Waals surface area contributed by atoms with Crippen LogP contribution in [0.1, 0.15) is 35.9 Å². The zero-order valence-electron chi connectivity index (χ0n) is 22.0. The van der Waals surface area contributed by atoms with E-state index in [0.29, 0.717) is 33.0 Å². The van der Waals surface area contributed by atoms with Crippen molar-refractivity contribution in [2.45, 2.75) is 26.5 Å². The van der Waals surface area contributed by atoms with E-state index in [2.05, 4.69) is 4.99 Å². The zero-order chi connectivity index (χ0) is 27.6. The number of hydrogen-bond acceptors (Lipinski definition) is 7. The lowest BCUT2D eigenvalue weighted by Gasteiger charge is -2.23. The molecule has 0 fully saturated rings. The summed E-state index contributed by atoms with van der Waals surface area (Å²) in [6.07, 6.45) is 1.89. The minimum atomic E-state index is -0.598. The molecule has 1 aliphatic rings. The third-order valence-electron chi connectivity index (χ3n) is 6.77. The maximum Gasteiger partial charge on any atom is 0.338 e. The fourth-order valence-electron chi connectivity index (χ4n) is 4.92. The normalized spacial score (nSPS) is 15.2. The predicted molar refractivity (Wildman–Crippen MR) is 159 cm³/mol. The van der Waals surface area contributed by atoms with Gasteiger partial charge in [-0.3, -0.25) is 9.36 Å². The van der Waals surface area contributed by atoms with Crippen molar-refractivity contribution in [3.63, 3.8) is 0 Å². The van der Waals surface area contributed by atoms with Gasteiger partial charge in [0.25, 0.3) is 5.56 Å². The van der Waals surface area contributed by atoms with E-state index in [0.717, 1.165) is 26.8 Å². The van der Waals surface area contributed by atoms with E-state index in [4.69, 9.17) is 9.47 Å². The lowest BCUT2D eigenvalue weighted by molar-refractivity contribution is -0.139. The number of thiophene rings is 1. The Hall–Kier alpha value is -4.27. The molecule has 3 heterocycles. The third kappa shape index (κ3) is 4.80. The summed E-state index contributed by atoms with van der Waals surface area (Å²) in [4.78, 5) is 33.2. The number of benzene rings is 3. The Morgan fingerprint density at radius 1 is 1.02 bits per heavy atom. The van der Waals surface area contributed by atoms with E-state index in [1.54, 1.807) is 18.4 Å². The Kier molecular flexibility index (Phi) is 7.19. The second kappa shape index (κ2) is 11.1. The number of nitrogens with zero attached hydrogens (tertiary/aromatic N) is 2. The maximum atomic E-state index is 14.1. The summed E-state index contributed by atoms with van der Waals surface area (Å²) in [7, 11) is 0. The monoisotopic (exact) mass is 566 g/mol. The number of fused-ring (bicyclic) bond motifs is 2. The number of carbonyl (C=O) groups excluding carboxylic acids is 1. The van der Waals surface area contributed by atoms with E-state index in [1.165, 1.54) is 22.7 Å². The van der Waals surface area contributed by atoms with Crippen LogP contribution in [0.4, 0.5) is 0 Å². The molecule has 40 heavy (non-hydrogen) atoms. The standard InChI is InChI=1S/C32H26N2O4S2/c1-3-37-31(36)28-20(2)33-32-34(29(28)26-14-9-17-39-26)30(35)27(40-32)18-24-23-13-8-7-12-22(23)15-16-25(24)38-19-21-10-5-4-6-11-21/h4-18,29H,3,19H2,1-2H3/b27-18-/t29-/m1/s1. The summed E-state index contributed by atoms with van der Waals surface area (Å²) in [5.41, 5.74) is 2.62. The van der Waals surface area contributed by atoms with Crippen molar-refractivity contribution in [3.05, 3.63) is 131 Å². The van der Waals surface area contributed by atoms with Gasteiger partial charge in [0.15, 0.2) is 4.80 Å². The number of esters is 1. The molecule has 0 N–H and O–H groups in total. The fraction of sp³-hybridized carbons (Fsp3) is 0.156. The average molecular weight is 567 g/mol. The molecule has 1 aliphatic heterocycles. The van der Waals surface area contributed by atoms with Gasteiger partial charge in [-0.25, -0.2) is 9.79 Å². The molecule has 0 saturated carbocycles. The smallest absolute Gasteiger partial charge is 0.338 e. The molecule has 0 radical (unpaired) electrons. The largest absolute Gasteiger partial charge is 0.488 e. The molecule has 0 bridgehead atoms. The molecule has 0 saturated heterocycles. The Bertz CT molecular complexity index is 1920. The van der Waals surface area contributed by atoms with E-state index in [1.807, 2.05) is 90.3 Å². The SMILES string of the molecule is CCOC(=O)C1=C(C)N=c2s/c(=C\c3c(OCc4ccccc4)ccc4ccccc34)c(=O)n2[C@@H]1c1cccs1. The average Bonchev–Trinajstić information content (AvgIpc) is 3.61. The van der Waals surface area contributed by atoms with Crippen LogP contribution in [0.2, 0.25) is 0 Å². The minimum absolute atomic E-state index is 0.210. The van der Waals surface area contributed by atoms with Gasteiger partial charge in [0.05, 0.1) is 22.4 Å². The molecule has 1 atom stereocenters. The number of allylic oxidation sites excluding steroid dienone is 1.